The van der Waals surface area contributed by atoms with Crippen LogP contribution in [0.4, 0.5) is 5.69 Å². The van der Waals surface area contributed by atoms with Gasteiger partial charge in [0.25, 0.3) is 10.0 Å². The Hall–Kier alpha value is -3.36. The highest BCUT2D eigenvalue weighted by Crippen LogP contribution is 2.30. The largest absolute Gasteiger partial charge is 0.354 e. The van der Waals surface area contributed by atoms with Gasteiger partial charge in [-0.2, -0.15) is 0 Å². The van der Waals surface area contributed by atoms with Gasteiger partial charge >= 0.3 is 0 Å². The third-order valence-electron chi connectivity index (χ3n) is 5.64. The molecule has 2 amide bonds. The molecule has 0 unspecified atom stereocenters. The molecule has 0 spiro atoms. The molecule has 36 heavy (non-hydrogen) atoms. The van der Waals surface area contributed by atoms with Crippen molar-refractivity contribution in [2.24, 2.45) is 0 Å². The van der Waals surface area contributed by atoms with Gasteiger partial charge < -0.3 is 10.2 Å². The van der Waals surface area contributed by atoms with Gasteiger partial charge in [0.1, 0.15) is 12.6 Å². The normalized spacial score (nSPS) is 12.0. The molecule has 190 valence electrons. The van der Waals surface area contributed by atoms with E-state index in [4.69, 9.17) is 11.6 Å². The molecule has 9 heteroatoms. The Kier molecular flexibility index (Phi) is 9.50. The lowest BCUT2D eigenvalue weighted by atomic mass is 10.1. The van der Waals surface area contributed by atoms with Crippen molar-refractivity contribution in [2.45, 2.75) is 37.8 Å². The van der Waals surface area contributed by atoms with E-state index in [-0.39, 0.29) is 28.1 Å². The van der Waals surface area contributed by atoms with Crippen molar-refractivity contribution in [1.29, 1.82) is 0 Å². The Bertz CT molecular complexity index is 1270. The van der Waals surface area contributed by atoms with E-state index in [0.29, 0.717) is 6.54 Å². The molecule has 3 rings (SSSR count). The smallest absolute Gasteiger partial charge is 0.264 e. The summed E-state index contributed by atoms with van der Waals surface area (Å²) in [5.41, 5.74) is 0.996. The predicted molar refractivity (Wildman–Crippen MR) is 142 cm³/mol. The van der Waals surface area contributed by atoms with Gasteiger partial charge in [-0.25, -0.2) is 8.42 Å². The van der Waals surface area contributed by atoms with Crippen LogP contribution in [0.5, 0.6) is 0 Å². The first-order valence-corrected chi connectivity index (χ1v) is 13.5. The molecule has 3 aromatic rings. The molecule has 0 radical (unpaired) electrons. The lowest BCUT2D eigenvalue weighted by Gasteiger charge is -2.32. The Morgan fingerprint density at radius 2 is 1.50 bits per heavy atom. The Morgan fingerprint density at radius 1 is 0.917 bits per heavy atom. The Balaban J connectivity index is 2.00. The van der Waals surface area contributed by atoms with Crippen LogP contribution in [0, 0.1) is 0 Å². The molecule has 0 aliphatic carbocycles. The molecule has 0 fully saturated rings. The second-order valence-corrected chi connectivity index (χ2v) is 10.5. The van der Waals surface area contributed by atoms with Crippen molar-refractivity contribution < 1.29 is 18.0 Å². The highest BCUT2D eigenvalue weighted by Gasteiger charge is 2.33. The summed E-state index contributed by atoms with van der Waals surface area (Å²) >= 11 is 6.38. The van der Waals surface area contributed by atoms with Gasteiger partial charge in [0.05, 0.1) is 15.6 Å². The molecule has 0 saturated heterocycles. The summed E-state index contributed by atoms with van der Waals surface area (Å²) in [7, 11) is -4.14. The summed E-state index contributed by atoms with van der Waals surface area (Å²) < 4.78 is 28.3. The molecule has 3 aromatic carbocycles. The maximum Gasteiger partial charge on any atom is 0.264 e. The zero-order valence-electron chi connectivity index (χ0n) is 20.3. The molecule has 0 aliphatic heterocycles. The predicted octanol–water partition coefficient (Wildman–Crippen LogP) is 4.48. The number of para-hydroxylation sites is 1. The topological polar surface area (TPSA) is 86.8 Å². The van der Waals surface area contributed by atoms with Crippen molar-refractivity contribution in [3.8, 4) is 0 Å². The summed E-state index contributed by atoms with van der Waals surface area (Å²) in [6.07, 6.45) is 0.751. The SMILES string of the molecule is CCCNC(=O)[C@@H](C)N(Cc1ccccc1)C(=O)CN(c1ccccc1Cl)S(=O)(=O)c1ccccc1. The fraction of sp³-hybridized carbons (Fsp3) is 0.259. The van der Waals surface area contributed by atoms with E-state index in [0.717, 1.165) is 16.3 Å². The summed E-state index contributed by atoms with van der Waals surface area (Å²) in [6.45, 7) is 3.66. The first-order chi connectivity index (χ1) is 17.3. The van der Waals surface area contributed by atoms with Crippen LogP contribution in [0.15, 0.2) is 89.8 Å². The summed E-state index contributed by atoms with van der Waals surface area (Å²) in [4.78, 5) is 28.0. The highest BCUT2D eigenvalue weighted by atomic mass is 35.5. The van der Waals surface area contributed by atoms with Crippen LogP contribution in [0.3, 0.4) is 0 Å². The van der Waals surface area contributed by atoms with Crippen molar-refractivity contribution >= 4 is 39.1 Å². The molecule has 1 atom stereocenters. The van der Waals surface area contributed by atoms with Crippen LogP contribution in [0.25, 0.3) is 0 Å². The van der Waals surface area contributed by atoms with Crippen LogP contribution in [-0.4, -0.2) is 44.3 Å². The minimum Gasteiger partial charge on any atom is -0.354 e. The minimum absolute atomic E-state index is 0.0288. The molecular weight excluding hydrogens is 498 g/mol. The Morgan fingerprint density at radius 3 is 2.11 bits per heavy atom. The number of hydrogen-bond acceptors (Lipinski definition) is 4. The fourth-order valence-electron chi connectivity index (χ4n) is 3.65. The number of halogens is 1. The van der Waals surface area contributed by atoms with E-state index in [1.165, 1.54) is 17.0 Å². The maximum absolute atomic E-state index is 13.7. The number of hydrogen-bond donors (Lipinski definition) is 1. The van der Waals surface area contributed by atoms with E-state index in [9.17, 15) is 18.0 Å². The lowest BCUT2D eigenvalue weighted by molar-refractivity contribution is -0.139. The fourth-order valence-corrected chi connectivity index (χ4v) is 5.39. The third-order valence-corrected chi connectivity index (χ3v) is 7.74. The summed E-state index contributed by atoms with van der Waals surface area (Å²) in [6, 6.07) is 22.7. The van der Waals surface area contributed by atoms with Gasteiger partial charge in [0, 0.05) is 13.1 Å². The average Bonchev–Trinajstić information content (AvgIpc) is 2.90. The van der Waals surface area contributed by atoms with Crippen molar-refractivity contribution in [3.63, 3.8) is 0 Å². The number of benzene rings is 3. The standard InChI is InChI=1S/C27H30ClN3O4S/c1-3-18-29-27(33)21(2)30(19-22-12-6-4-7-13-22)26(32)20-31(25-17-11-10-16-24(25)28)36(34,35)23-14-8-5-9-15-23/h4-17,21H,3,18-20H2,1-2H3,(H,29,33)/t21-/m1/s1. The van der Waals surface area contributed by atoms with Crippen LogP contribution in [-0.2, 0) is 26.2 Å². The first-order valence-electron chi connectivity index (χ1n) is 11.7. The molecule has 0 saturated carbocycles. The number of amides is 2. The third kappa shape index (κ3) is 6.65. The minimum atomic E-state index is -4.14. The van der Waals surface area contributed by atoms with Gasteiger partial charge in [-0.05, 0) is 43.2 Å². The average molecular weight is 528 g/mol. The van der Waals surface area contributed by atoms with Gasteiger partial charge in [-0.1, -0.05) is 79.2 Å². The summed E-state index contributed by atoms with van der Waals surface area (Å²) in [5, 5.41) is 3.01. The second-order valence-electron chi connectivity index (χ2n) is 8.25. The number of anilines is 1. The number of carbonyl (C=O) groups is 2. The van der Waals surface area contributed by atoms with E-state index in [1.807, 2.05) is 37.3 Å². The van der Waals surface area contributed by atoms with Gasteiger partial charge in [-0.15, -0.1) is 0 Å². The molecule has 0 bridgehead atoms. The molecule has 0 aliphatic rings. The number of sulfonamides is 1. The van der Waals surface area contributed by atoms with E-state index < -0.39 is 28.5 Å². The first kappa shape index (κ1) is 27.2. The monoisotopic (exact) mass is 527 g/mol. The highest BCUT2D eigenvalue weighted by molar-refractivity contribution is 7.92. The van der Waals surface area contributed by atoms with Gasteiger partial charge in [0.15, 0.2) is 0 Å². The van der Waals surface area contributed by atoms with Gasteiger partial charge in [0.2, 0.25) is 11.8 Å². The molecule has 0 aromatic heterocycles. The van der Waals surface area contributed by atoms with Crippen molar-refractivity contribution in [2.75, 3.05) is 17.4 Å². The maximum atomic E-state index is 13.7. The zero-order chi connectivity index (χ0) is 26.1. The number of rotatable bonds is 11. The second kappa shape index (κ2) is 12.6. The van der Waals surface area contributed by atoms with Crippen LogP contribution in [0.2, 0.25) is 5.02 Å². The van der Waals surface area contributed by atoms with E-state index in [2.05, 4.69) is 5.32 Å². The van der Waals surface area contributed by atoms with Gasteiger partial charge in [-0.3, -0.25) is 13.9 Å². The Labute approximate surface area is 217 Å². The van der Waals surface area contributed by atoms with Crippen LogP contribution < -0.4 is 9.62 Å². The number of carbonyl (C=O) groups excluding carboxylic acids is 2. The van der Waals surface area contributed by atoms with Crippen molar-refractivity contribution in [3.05, 3.63) is 95.5 Å². The molecule has 0 heterocycles. The number of nitrogens with zero attached hydrogens (tertiary/aromatic N) is 2. The molecule has 1 N–H and O–H groups in total. The summed E-state index contributed by atoms with van der Waals surface area (Å²) in [5.74, 6) is -0.839. The molecule has 7 nitrogen and oxygen atoms in total. The zero-order valence-corrected chi connectivity index (χ0v) is 21.9. The quantitative estimate of drug-likeness (QED) is 0.398. The molecular formula is C27H30ClN3O4S. The van der Waals surface area contributed by atoms with Crippen LogP contribution in [0.1, 0.15) is 25.8 Å². The van der Waals surface area contributed by atoms with E-state index in [1.54, 1.807) is 49.4 Å². The lowest BCUT2D eigenvalue weighted by Crippen LogP contribution is -2.51. The van der Waals surface area contributed by atoms with Crippen molar-refractivity contribution in [1.82, 2.24) is 10.2 Å². The van der Waals surface area contributed by atoms with Crippen LogP contribution >= 0.6 is 11.6 Å². The number of nitrogens with one attached hydrogen (secondary N) is 1. The van der Waals surface area contributed by atoms with E-state index >= 15 is 0 Å².